The number of hydrogen-bond donors (Lipinski definition) is 2. The molecule has 2 aromatic carbocycles. The maximum Gasteiger partial charge on any atom is 0.226 e. The van der Waals surface area contributed by atoms with E-state index >= 15 is 0 Å². The van der Waals surface area contributed by atoms with Crippen molar-refractivity contribution in [2.24, 2.45) is 0 Å². The molecule has 0 saturated heterocycles. The van der Waals surface area contributed by atoms with Gasteiger partial charge in [-0.25, -0.2) is 0 Å². The number of carbonyl (C=O) groups excluding carboxylic acids is 1. The van der Waals surface area contributed by atoms with Crippen LogP contribution in [0.5, 0.6) is 0 Å². The van der Waals surface area contributed by atoms with E-state index in [0.717, 1.165) is 11.3 Å². The second kappa shape index (κ2) is 7.14. The van der Waals surface area contributed by atoms with Gasteiger partial charge in [-0.05, 0) is 43.7 Å². The highest BCUT2D eigenvalue weighted by Crippen LogP contribution is 2.22. The largest absolute Gasteiger partial charge is 0.385 e. The summed E-state index contributed by atoms with van der Waals surface area (Å²) in [6, 6.07) is 13.7. The van der Waals surface area contributed by atoms with E-state index in [1.54, 1.807) is 0 Å². The number of benzene rings is 2. The molecule has 0 aliphatic carbocycles. The Morgan fingerprint density at radius 2 is 1.71 bits per heavy atom. The van der Waals surface area contributed by atoms with Gasteiger partial charge < -0.3 is 10.6 Å². The van der Waals surface area contributed by atoms with Crippen molar-refractivity contribution < 1.29 is 4.79 Å². The summed E-state index contributed by atoms with van der Waals surface area (Å²) in [7, 11) is 0. The average molecular weight is 303 g/mol. The Hall–Kier alpha value is -2.00. The van der Waals surface area contributed by atoms with E-state index in [0.29, 0.717) is 23.7 Å². The molecule has 4 heteroatoms. The van der Waals surface area contributed by atoms with Crippen molar-refractivity contribution in [2.45, 2.75) is 20.3 Å². The van der Waals surface area contributed by atoms with Gasteiger partial charge in [0.2, 0.25) is 5.91 Å². The van der Waals surface area contributed by atoms with E-state index in [2.05, 4.69) is 10.6 Å². The Morgan fingerprint density at radius 1 is 1.05 bits per heavy atom. The Morgan fingerprint density at radius 3 is 2.38 bits per heavy atom. The van der Waals surface area contributed by atoms with Crippen molar-refractivity contribution in [3.8, 4) is 0 Å². The first-order chi connectivity index (χ1) is 10.0. The minimum atomic E-state index is -0.0552. The van der Waals surface area contributed by atoms with E-state index in [-0.39, 0.29) is 5.91 Å². The lowest BCUT2D eigenvalue weighted by atomic mass is 10.2. The van der Waals surface area contributed by atoms with Gasteiger partial charge >= 0.3 is 0 Å². The summed E-state index contributed by atoms with van der Waals surface area (Å²) in [4.78, 5) is 11.9. The van der Waals surface area contributed by atoms with E-state index < -0.39 is 0 Å². The van der Waals surface area contributed by atoms with Crippen LogP contribution >= 0.6 is 11.6 Å². The molecule has 110 valence electrons. The summed E-state index contributed by atoms with van der Waals surface area (Å²) < 4.78 is 0. The number of amides is 1. The van der Waals surface area contributed by atoms with Gasteiger partial charge in [0.05, 0.1) is 10.7 Å². The molecule has 0 aliphatic rings. The third-order valence-corrected chi connectivity index (χ3v) is 3.44. The smallest absolute Gasteiger partial charge is 0.226 e. The van der Waals surface area contributed by atoms with Crippen LogP contribution in [-0.4, -0.2) is 12.5 Å². The third-order valence-electron chi connectivity index (χ3n) is 3.13. The zero-order valence-electron chi connectivity index (χ0n) is 12.2. The summed E-state index contributed by atoms with van der Waals surface area (Å²) in [6.07, 6.45) is 0.387. The molecule has 0 fully saturated rings. The highest BCUT2D eigenvalue weighted by atomic mass is 35.5. The Bertz CT molecular complexity index is 623. The molecule has 2 N–H and O–H groups in total. The van der Waals surface area contributed by atoms with Crippen molar-refractivity contribution in [3.63, 3.8) is 0 Å². The minimum absolute atomic E-state index is 0.0552. The van der Waals surface area contributed by atoms with Crippen LogP contribution in [0.25, 0.3) is 0 Å². The monoisotopic (exact) mass is 302 g/mol. The molecule has 0 aromatic heterocycles. The fraction of sp³-hybridized carbons (Fsp3) is 0.235. The number of carbonyl (C=O) groups is 1. The lowest BCUT2D eigenvalue weighted by molar-refractivity contribution is -0.115. The number of anilines is 2. The second-order valence-corrected chi connectivity index (χ2v) is 5.48. The van der Waals surface area contributed by atoms with Gasteiger partial charge in [0.25, 0.3) is 0 Å². The average Bonchev–Trinajstić information content (AvgIpc) is 2.44. The molecule has 0 saturated carbocycles. The maximum atomic E-state index is 11.9. The standard InChI is InChI=1S/C17H19ClN2O/c1-12-3-6-14(7-4-12)19-10-9-17(21)20-16-8-5-13(2)11-15(16)18/h3-8,11,19H,9-10H2,1-2H3,(H,20,21). The molecule has 3 nitrogen and oxygen atoms in total. The van der Waals surface area contributed by atoms with E-state index in [9.17, 15) is 4.79 Å². The number of hydrogen-bond acceptors (Lipinski definition) is 2. The van der Waals surface area contributed by atoms with Crippen LogP contribution in [0.15, 0.2) is 42.5 Å². The Kier molecular flexibility index (Phi) is 5.23. The summed E-state index contributed by atoms with van der Waals surface area (Å²) >= 11 is 6.09. The molecule has 2 aromatic rings. The fourth-order valence-electron chi connectivity index (χ4n) is 1.93. The zero-order chi connectivity index (χ0) is 15.2. The minimum Gasteiger partial charge on any atom is -0.385 e. The Balaban J connectivity index is 1.81. The van der Waals surface area contributed by atoms with Crippen molar-refractivity contribution in [1.82, 2.24) is 0 Å². The zero-order valence-corrected chi connectivity index (χ0v) is 13.0. The molecule has 1 amide bonds. The molecule has 0 spiro atoms. The van der Waals surface area contributed by atoms with Gasteiger partial charge in [0.15, 0.2) is 0 Å². The number of rotatable bonds is 5. The molecule has 0 radical (unpaired) electrons. The van der Waals surface area contributed by atoms with Crippen molar-refractivity contribution >= 4 is 28.9 Å². The van der Waals surface area contributed by atoms with Gasteiger partial charge in [-0.2, -0.15) is 0 Å². The molecule has 0 bridgehead atoms. The van der Waals surface area contributed by atoms with Gasteiger partial charge in [0, 0.05) is 18.7 Å². The first-order valence-electron chi connectivity index (χ1n) is 6.91. The molecular formula is C17H19ClN2O. The predicted octanol–water partition coefficient (Wildman–Crippen LogP) is 4.40. The molecule has 0 atom stereocenters. The van der Waals surface area contributed by atoms with Gasteiger partial charge in [0.1, 0.15) is 0 Å². The normalized spacial score (nSPS) is 10.2. The molecule has 0 unspecified atom stereocenters. The lowest BCUT2D eigenvalue weighted by Gasteiger charge is -2.09. The predicted molar refractivity (Wildman–Crippen MR) is 89.1 cm³/mol. The summed E-state index contributed by atoms with van der Waals surface area (Å²) in [5.41, 5.74) is 3.95. The van der Waals surface area contributed by atoms with E-state index in [1.807, 2.05) is 56.3 Å². The molecule has 2 rings (SSSR count). The van der Waals surface area contributed by atoms with Crippen LogP contribution in [-0.2, 0) is 4.79 Å². The highest BCUT2D eigenvalue weighted by Gasteiger charge is 2.05. The van der Waals surface area contributed by atoms with Crippen LogP contribution in [0, 0.1) is 13.8 Å². The van der Waals surface area contributed by atoms with E-state index in [4.69, 9.17) is 11.6 Å². The maximum absolute atomic E-state index is 11.9. The van der Waals surface area contributed by atoms with Crippen LogP contribution in [0.3, 0.4) is 0 Å². The van der Waals surface area contributed by atoms with Crippen molar-refractivity contribution in [2.75, 3.05) is 17.2 Å². The van der Waals surface area contributed by atoms with Gasteiger partial charge in [-0.3, -0.25) is 4.79 Å². The molecule has 0 heterocycles. The second-order valence-electron chi connectivity index (χ2n) is 5.07. The van der Waals surface area contributed by atoms with Crippen LogP contribution in [0.2, 0.25) is 5.02 Å². The summed E-state index contributed by atoms with van der Waals surface area (Å²) in [5, 5.41) is 6.61. The number of halogens is 1. The Labute approximate surface area is 130 Å². The first kappa shape index (κ1) is 15.4. The van der Waals surface area contributed by atoms with Crippen molar-refractivity contribution in [3.05, 3.63) is 58.6 Å². The molecule has 0 aliphatic heterocycles. The SMILES string of the molecule is Cc1ccc(NCCC(=O)Nc2ccc(C)cc2Cl)cc1. The molecule has 21 heavy (non-hydrogen) atoms. The third kappa shape index (κ3) is 4.80. The summed E-state index contributed by atoms with van der Waals surface area (Å²) in [5.74, 6) is -0.0552. The quantitative estimate of drug-likeness (QED) is 0.859. The molecular weight excluding hydrogens is 284 g/mol. The van der Waals surface area contributed by atoms with Gasteiger partial charge in [-0.1, -0.05) is 35.4 Å². The van der Waals surface area contributed by atoms with Crippen LogP contribution in [0.1, 0.15) is 17.5 Å². The highest BCUT2D eigenvalue weighted by molar-refractivity contribution is 6.33. The number of aryl methyl sites for hydroxylation is 2. The first-order valence-corrected chi connectivity index (χ1v) is 7.29. The van der Waals surface area contributed by atoms with Crippen LogP contribution in [0.4, 0.5) is 11.4 Å². The van der Waals surface area contributed by atoms with Crippen LogP contribution < -0.4 is 10.6 Å². The lowest BCUT2D eigenvalue weighted by Crippen LogP contribution is -2.16. The van der Waals surface area contributed by atoms with Crippen molar-refractivity contribution in [1.29, 1.82) is 0 Å². The topological polar surface area (TPSA) is 41.1 Å². The fourth-order valence-corrected chi connectivity index (χ4v) is 2.21. The van der Waals surface area contributed by atoms with Gasteiger partial charge in [-0.15, -0.1) is 0 Å². The van der Waals surface area contributed by atoms with E-state index in [1.165, 1.54) is 5.56 Å². The summed E-state index contributed by atoms with van der Waals surface area (Å²) in [6.45, 7) is 4.59. The number of nitrogens with one attached hydrogen (secondary N) is 2.